The van der Waals surface area contributed by atoms with Gasteiger partial charge in [0.15, 0.2) is 0 Å². The van der Waals surface area contributed by atoms with Crippen molar-refractivity contribution in [3.8, 4) is 10.4 Å². The summed E-state index contributed by atoms with van der Waals surface area (Å²) >= 11 is 2.11. The average Bonchev–Trinajstić information content (AvgIpc) is 3.14. The van der Waals surface area contributed by atoms with E-state index in [2.05, 4.69) is 53.8 Å². The molecule has 0 unspecified atom stereocenters. The molecule has 1 aromatic heterocycles. The molecule has 2 aliphatic rings. The summed E-state index contributed by atoms with van der Waals surface area (Å²) in [6.07, 6.45) is 14.9. The molecule has 2 heteroatoms. The highest BCUT2D eigenvalue weighted by Gasteiger charge is 2.33. The average molecular weight is 357 g/mol. The second-order valence-corrected chi connectivity index (χ2v) is 11.6. The lowest BCUT2D eigenvalue weighted by atomic mass is 9.99. The van der Waals surface area contributed by atoms with E-state index in [1.54, 1.807) is 4.62 Å². The van der Waals surface area contributed by atoms with E-state index in [-0.39, 0.29) is 7.92 Å². The van der Waals surface area contributed by atoms with Crippen LogP contribution >= 0.6 is 19.3 Å². The molecule has 0 spiro atoms. The Hall–Kier alpha value is -0.650. The van der Waals surface area contributed by atoms with Crippen LogP contribution in [0.4, 0.5) is 0 Å². The number of benzene rings is 1. The van der Waals surface area contributed by atoms with E-state index in [9.17, 15) is 0 Å². The molecule has 128 valence electrons. The van der Waals surface area contributed by atoms with Gasteiger partial charge in [0.25, 0.3) is 0 Å². The monoisotopic (exact) mass is 356 g/mol. The van der Waals surface area contributed by atoms with Crippen molar-refractivity contribution in [1.29, 1.82) is 0 Å². The highest BCUT2D eigenvalue weighted by atomic mass is 32.1. The summed E-state index contributed by atoms with van der Waals surface area (Å²) in [5.74, 6) is 0. The molecular formula is C22H29PS. The summed E-state index contributed by atoms with van der Waals surface area (Å²) in [6.45, 7) is 0. The minimum atomic E-state index is 0.0569. The Morgan fingerprint density at radius 2 is 1.25 bits per heavy atom. The molecule has 0 radical (unpaired) electrons. The fourth-order valence-electron chi connectivity index (χ4n) is 4.60. The van der Waals surface area contributed by atoms with Crippen molar-refractivity contribution in [2.45, 2.75) is 75.5 Å². The molecule has 2 aliphatic carbocycles. The Bertz CT molecular complexity index is 602. The Morgan fingerprint density at radius 1 is 0.667 bits per heavy atom. The third-order valence-electron chi connectivity index (χ3n) is 5.84. The predicted molar refractivity (Wildman–Crippen MR) is 110 cm³/mol. The highest BCUT2D eigenvalue weighted by Crippen LogP contribution is 2.56. The van der Waals surface area contributed by atoms with E-state index in [0.717, 1.165) is 11.3 Å². The smallest absolute Gasteiger partial charge is 0.0349 e. The Labute approximate surface area is 152 Å². The summed E-state index contributed by atoms with van der Waals surface area (Å²) in [5.41, 5.74) is 3.43. The van der Waals surface area contributed by atoms with Gasteiger partial charge in [0.1, 0.15) is 0 Å². The molecular weight excluding hydrogens is 327 g/mol. The van der Waals surface area contributed by atoms with E-state index >= 15 is 0 Å². The van der Waals surface area contributed by atoms with E-state index in [0.29, 0.717) is 0 Å². The van der Waals surface area contributed by atoms with Gasteiger partial charge in [0.05, 0.1) is 0 Å². The van der Waals surface area contributed by atoms with Gasteiger partial charge in [-0.2, -0.15) is 0 Å². The van der Waals surface area contributed by atoms with Crippen molar-refractivity contribution < 1.29 is 0 Å². The highest BCUT2D eigenvalue weighted by molar-refractivity contribution is 7.73. The van der Waals surface area contributed by atoms with Gasteiger partial charge in [-0.25, -0.2) is 0 Å². The minimum absolute atomic E-state index is 0.0569. The van der Waals surface area contributed by atoms with Crippen LogP contribution in [-0.4, -0.2) is 11.3 Å². The van der Waals surface area contributed by atoms with Crippen molar-refractivity contribution in [1.82, 2.24) is 0 Å². The lowest BCUT2D eigenvalue weighted by Crippen LogP contribution is -2.24. The van der Waals surface area contributed by atoms with Crippen LogP contribution in [-0.2, 0) is 0 Å². The molecule has 1 heterocycles. The second-order valence-electron chi connectivity index (χ2n) is 7.49. The minimum Gasteiger partial charge on any atom is -0.135 e. The van der Waals surface area contributed by atoms with Gasteiger partial charge in [0, 0.05) is 9.50 Å². The van der Waals surface area contributed by atoms with Crippen LogP contribution in [0.25, 0.3) is 10.4 Å². The maximum Gasteiger partial charge on any atom is 0.0349 e. The standard InChI is InChI=1S/C22H29PS/c1-4-10-18(11-5-1)21-16-17-22(24-21)23(19-12-6-2-7-13-19)20-14-8-3-9-15-20/h1,4-5,10-11,16-17,19-20H,2-3,6-9,12-15H2. The van der Waals surface area contributed by atoms with Gasteiger partial charge in [-0.3, -0.25) is 0 Å². The molecule has 0 saturated heterocycles. The molecule has 0 bridgehead atoms. The van der Waals surface area contributed by atoms with Gasteiger partial charge in [-0.05, 0) is 54.7 Å². The van der Waals surface area contributed by atoms with Crippen LogP contribution in [0.3, 0.4) is 0 Å². The van der Waals surface area contributed by atoms with Gasteiger partial charge >= 0.3 is 0 Å². The molecule has 1 aromatic carbocycles. The molecule has 0 nitrogen and oxygen atoms in total. The largest absolute Gasteiger partial charge is 0.135 e. The molecule has 2 fully saturated rings. The van der Waals surface area contributed by atoms with Crippen molar-refractivity contribution in [3.05, 3.63) is 42.5 Å². The van der Waals surface area contributed by atoms with Crippen molar-refractivity contribution in [3.63, 3.8) is 0 Å². The number of hydrogen-bond donors (Lipinski definition) is 0. The molecule has 4 rings (SSSR count). The van der Waals surface area contributed by atoms with E-state index in [4.69, 9.17) is 0 Å². The second kappa shape index (κ2) is 8.15. The topological polar surface area (TPSA) is 0 Å². The zero-order valence-electron chi connectivity index (χ0n) is 14.6. The number of thiophene rings is 1. The quantitative estimate of drug-likeness (QED) is 0.509. The SMILES string of the molecule is c1ccc(-c2ccc(P(C3CCCCC3)C3CCCCC3)s2)cc1. The van der Waals surface area contributed by atoms with Crippen LogP contribution in [0.15, 0.2) is 42.5 Å². The normalized spacial score (nSPS) is 20.5. The maximum atomic E-state index is 2.50. The molecule has 24 heavy (non-hydrogen) atoms. The van der Waals surface area contributed by atoms with Crippen LogP contribution < -0.4 is 4.62 Å². The van der Waals surface area contributed by atoms with Gasteiger partial charge in [-0.15, -0.1) is 11.3 Å². The molecule has 2 aromatic rings. The summed E-state index contributed by atoms with van der Waals surface area (Å²) in [5, 5.41) is 0. The van der Waals surface area contributed by atoms with E-state index in [1.165, 1.54) is 74.6 Å². The first-order chi connectivity index (χ1) is 11.9. The first-order valence-corrected chi connectivity index (χ1v) is 12.1. The first-order valence-electron chi connectivity index (χ1n) is 9.85. The lowest BCUT2D eigenvalue weighted by Gasteiger charge is -2.37. The third-order valence-corrected chi connectivity index (χ3v) is 10.9. The van der Waals surface area contributed by atoms with Gasteiger partial charge in [0.2, 0.25) is 0 Å². The molecule has 0 N–H and O–H groups in total. The van der Waals surface area contributed by atoms with E-state index < -0.39 is 0 Å². The fourth-order valence-corrected chi connectivity index (χ4v) is 10.4. The van der Waals surface area contributed by atoms with Gasteiger partial charge in [-0.1, -0.05) is 76.8 Å². The molecule has 0 aliphatic heterocycles. The Kier molecular flexibility index (Phi) is 5.71. The summed E-state index contributed by atoms with van der Waals surface area (Å²) in [7, 11) is 0.0569. The van der Waals surface area contributed by atoms with Crippen molar-refractivity contribution in [2.24, 2.45) is 0 Å². The first kappa shape index (κ1) is 16.8. The lowest BCUT2D eigenvalue weighted by molar-refractivity contribution is 0.487. The Balaban J connectivity index is 1.61. The van der Waals surface area contributed by atoms with Crippen LogP contribution in [0.1, 0.15) is 64.2 Å². The van der Waals surface area contributed by atoms with Crippen molar-refractivity contribution in [2.75, 3.05) is 0 Å². The summed E-state index contributed by atoms with van der Waals surface area (Å²) in [4.78, 5) is 1.48. The molecule has 2 saturated carbocycles. The Morgan fingerprint density at radius 3 is 1.83 bits per heavy atom. The molecule has 0 atom stereocenters. The zero-order valence-corrected chi connectivity index (χ0v) is 16.3. The van der Waals surface area contributed by atoms with Gasteiger partial charge < -0.3 is 0 Å². The fraction of sp³-hybridized carbons (Fsp3) is 0.545. The van der Waals surface area contributed by atoms with Crippen LogP contribution in [0.5, 0.6) is 0 Å². The zero-order chi connectivity index (χ0) is 16.2. The van der Waals surface area contributed by atoms with Crippen LogP contribution in [0, 0.1) is 0 Å². The number of rotatable bonds is 4. The van der Waals surface area contributed by atoms with E-state index in [1.807, 2.05) is 0 Å². The van der Waals surface area contributed by atoms with Crippen molar-refractivity contribution >= 4 is 23.9 Å². The summed E-state index contributed by atoms with van der Waals surface area (Å²) in [6, 6.07) is 15.9. The maximum absolute atomic E-state index is 2.50. The molecule has 0 amide bonds. The third kappa shape index (κ3) is 3.78. The number of hydrogen-bond acceptors (Lipinski definition) is 1. The summed E-state index contributed by atoms with van der Waals surface area (Å²) < 4.78 is 1.75. The predicted octanol–water partition coefficient (Wildman–Crippen LogP) is 7.19. The van der Waals surface area contributed by atoms with Crippen LogP contribution in [0.2, 0.25) is 0 Å².